The van der Waals surface area contributed by atoms with E-state index in [1.807, 2.05) is 25.1 Å². The Labute approximate surface area is 145 Å². The minimum atomic E-state index is -0.132. The van der Waals surface area contributed by atoms with E-state index in [2.05, 4.69) is 17.1 Å². The first-order valence-electron chi connectivity index (χ1n) is 8.81. The molecule has 0 radical (unpaired) electrons. The van der Waals surface area contributed by atoms with Gasteiger partial charge in [-0.25, -0.2) is 0 Å². The average molecular weight is 334 g/mol. The topological polar surface area (TPSA) is 50.8 Å². The molecule has 1 saturated carbocycles. The lowest BCUT2D eigenvalue weighted by Gasteiger charge is -2.23. The number of ether oxygens (including phenoxy) is 2. The van der Waals surface area contributed by atoms with Gasteiger partial charge in [0.15, 0.2) is 0 Å². The predicted octanol–water partition coefficient (Wildman–Crippen LogP) is 3.00. The number of hydrogen-bond donors (Lipinski definition) is 1. The smallest absolute Gasteiger partial charge is 0.234 e. The van der Waals surface area contributed by atoms with Gasteiger partial charge >= 0.3 is 0 Å². The largest absolute Gasteiger partial charge is 0.497 e. The van der Waals surface area contributed by atoms with Crippen LogP contribution in [0, 0.1) is 5.92 Å². The lowest BCUT2D eigenvalue weighted by molar-refractivity contribution is -0.123. The van der Waals surface area contributed by atoms with Gasteiger partial charge in [0.2, 0.25) is 5.91 Å². The standard InChI is InChI=1S/C19H30N2O3/c1-5-10-21(12-15-6-7-15)13-19(22)20-14(2)17-11-16(23-3)8-9-18(17)24-4/h8-9,11,14-15H,5-7,10,12-13H2,1-4H3,(H,20,22). The quantitative estimate of drug-likeness (QED) is 0.715. The molecule has 1 aliphatic carbocycles. The lowest BCUT2D eigenvalue weighted by Crippen LogP contribution is -2.39. The summed E-state index contributed by atoms with van der Waals surface area (Å²) in [6.07, 6.45) is 3.68. The number of rotatable bonds is 10. The molecule has 0 spiro atoms. The maximum absolute atomic E-state index is 12.4. The van der Waals surface area contributed by atoms with Crippen LogP contribution < -0.4 is 14.8 Å². The van der Waals surface area contributed by atoms with E-state index in [9.17, 15) is 4.79 Å². The third kappa shape index (κ3) is 5.41. The SMILES string of the molecule is CCCN(CC(=O)NC(C)c1cc(OC)ccc1OC)CC1CC1. The molecule has 0 aliphatic heterocycles. The molecule has 0 aromatic heterocycles. The Morgan fingerprint density at radius 2 is 2.08 bits per heavy atom. The van der Waals surface area contributed by atoms with Crippen LogP contribution in [0.1, 0.15) is 44.7 Å². The number of hydrogen-bond acceptors (Lipinski definition) is 4. The number of amides is 1. The summed E-state index contributed by atoms with van der Waals surface area (Å²) in [4.78, 5) is 14.7. The summed E-state index contributed by atoms with van der Waals surface area (Å²) in [6.45, 7) is 6.60. The summed E-state index contributed by atoms with van der Waals surface area (Å²) in [5.41, 5.74) is 0.925. The van der Waals surface area contributed by atoms with Crippen molar-refractivity contribution in [1.82, 2.24) is 10.2 Å². The summed E-state index contributed by atoms with van der Waals surface area (Å²) in [6, 6.07) is 5.51. The normalized spacial score (nSPS) is 15.2. The van der Waals surface area contributed by atoms with Gasteiger partial charge in [0, 0.05) is 12.1 Å². The fourth-order valence-electron chi connectivity index (χ4n) is 2.96. The number of nitrogens with zero attached hydrogens (tertiary/aromatic N) is 1. The fraction of sp³-hybridized carbons (Fsp3) is 0.632. The van der Waals surface area contributed by atoms with Crippen LogP contribution in [0.5, 0.6) is 11.5 Å². The van der Waals surface area contributed by atoms with Crippen molar-refractivity contribution in [3.8, 4) is 11.5 Å². The van der Waals surface area contributed by atoms with Crippen LogP contribution in [-0.4, -0.2) is 44.7 Å². The molecule has 1 atom stereocenters. The van der Waals surface area contributed by atoms with Gasteiger partial charge in [-0.1, -0.05) is 6.92 Å². The fourth-order valence-corrected chi connectivity index (χ4v) is 2.96. The van der Waals surface area contributed by atoms with Gasteiger partial charge in [0.1, 0.15) is 11.5 Å². The Morgan fingerprint density at radius 3 is 2.67 bits per heavy atom. The molecule has 1 fully saturated rings. The molecular weight excluding hydrogens is 304 g/mol. The molecule has 5 nitrogen and oxygen atoms in total. The first-order chi connectivity index (χ1) is 11.6. The average Bonchev–Trinajstić information content (AvgIpc) is 3.38. The van der Waals surface area contributed by atoms with Crippen LogP contribution >= 0.6 is 0 Å². The van der Waals surface area contributed by atoms with Gasteiger partial charge < -0.3 is 14.8 Å². The van der Waals surface area contributed by atoms with E-state index >= 15 is 0 Å². The predicted molar refractivity (Wildman–Crippen MR) is 95.6 cm³/mol. The van der Waals surface area contributed by atoms with Crippen molar-refractivity contribution in [2.75, 3.05) is 33.9 Å². The third-order valence-corrected chi connectivity index (χ3v) is 4.40. The lowest BCUT2D eigenvalue weighted by atomic mass is 10.1. The molecule has 24 heavy (non-hydrogen) atoms. The van der Waals surface area contributed by atoms with E-state index in [-0.39, 0.29) is 11.9 Å². The molecule has 0 saturated heterocycles. The van der Waals surface area contributed by atoms with Crippen LogP contribution in [0.3, 0.4) is 0 Å². The molecule has 5 heteroatoms. The Morgan fingerprint density at radius 1 is 1.33 bits per heavy atom. The summed E-state index contributed by atoms with van der Waals surface area (Å²) in [5.74, 6) is 2.36. The molecule has 1 N–H and O–H groups in total. The van der Waals surface area contributed by atoms with E-state index in [0.717, 1.165) is 42.5 Å². The second-order valence-electron chi connectivity index (χ2n) is 6.58. The highest BCUT2D eigenvalue weighted by Gasteiger charge is 2.25. The monoisotopic (exact) mass is 334 g/mol. The molecule has 1 unspecified atom stereocenters. The molecule has 1 aromatic carbocycles. The van der Waals surface area contributed by atoms with E-state index in [1.165, 1.54) is 12.8 Å². The zero-order valence-electron chi connectivity index (χ0n) is 15.3. The maximum atomic E-state index is 12.4. The number of nitrogens with one attached hydrogen (secondary N) is 1. The number of benzene rings is 1. The molecule has 0 bridgehead atoms. The van der Waals surface area contributed by atoms with Crippen molar-refractivity contribution in [1.29, 1.82) is 0 Å². The van der Waals surface area contributed by atoms with Gasteiger partial charge in [-0.05, 0) is 56.8 Å². The Balaban J connectivity index is 1.96. The highest BCUT2D eigenvalue weighted by atomic mass is 16.5. The van der Waals surface area contributed by atoms with E-state index in [4.69, 9.17) is 9.47 Å². The van der Waals surface area contributed by atoms with Crippen molar-refractivity contribution in [3.63, 3.8) is 0 Å². The molecule has 0 heterocycles. The molecular formula is C19H30N2O3. The summed E-state index contributed by atoms with van der Waals surface area (Å²) in [7, 11) is 3.27. The maximum Gasteiger partial charge on any atom is 0.234 e. The van der Waals surface area contributed by atoms with Gasteiger partial charge in [-0.2, -0.15) is 0 Å². The van der Waals surface area contributed by atoms with Gasteiger partial charge in [-0.3, -0.25) is 9.69 Å². The van der Waals surface area contributed by atoms with Gasteiger partial charge in [0.25, 0.3) is 0 Å². The molecule has 1 aliphatic rings. The van der Waals surface area contributed by atoms with Crippen LogP contribution in [-0.2, 0) is 4.79 Å². The summed E-state index contributed by atoms with van der Waals surface area (Å²) < 4.78 is 10.7. The Kier molecular flexibility index (Phi) is 6.91. The second kappa shape index (κ2) is 8.92. The minimum absolute atomic E-state index is 0.0569. The van der Waals surface area contributed by atoms with Crippen molar-refractivity contribution >= 4 is 5.91 Å². The van der Waals surface area contributed by atoms with Gasteiger partial charge in [0.05, 0.1) is 26.8 Å². The van der Waals surface area contributed by atoms with Crippen molar-refractivity contribution in [2.24, 2.45) is 5.92 Å². The van der Waals surface area contributed by atoms with Crippen molar-refractivity contribution < 1.29 is 14.3 Å². The number of carbonyl (C=O) groups excluding carboxylic acids is 1. The van der Waals surface area contributed by atoms with Crippen LogP contribution in [0.25, 0.3) is 0 Å². The zero-order valence-corrected chi connectivity index (χ0v) is 15.3. The van der Waals surface area contributed by atoms with Crippen LogP contribution in [0.15, 0.2) is 18.2 Å². The molecule has 134 valence electrons. The molecule has 1 amide bonds. The number of carbonyl (C=O) groups is 1. The van der Waals surface area contributed by atoms with E-state index < -0.39 is 0 Å². The summed E-state index contributed by atoms with van der Waals surface area (Å²) in [5, 5.41) is 3.09. The van der Waals surface area contributed by atoms with E-state index in [0.29, 0.717) is 6.54 Å². The third-order valence-electron chi connectivity index (χ3n) is 4.40. The van der Waals surface area contributed by atoms with Crippen molar-refractivity contribution in [3.05, 3.63) is 23.8 Å². The second-order valence-corrected chi connectivity index (χ2v) is 6.58. The van der Waals surface area contributed by atoms with Gasteiger partial charge in [-0.15, -0.1) is 0 Å². The molecule has 2 rings (SSSR count). The molecule has 1 aromatic rings. The first kappa shape index (κ1) is 18.6. The van der Waals surface area contributed by atoms with E-state index in [1.54, 1.807) is 14.2 Å². The van der Waals surface area contributed by atoms with Crippen molar-refractivity contribution in [2.45, 2.75) is 39.2 Å². The summed E-state index contributed by atoms with van der Waals surface area (Å²) >= 11 is 0. The zero-order chi connectivity index (χ0) is 17.5. The number of methoxy groups -OCH3 is 2. The highest BCUT2D eigenvalue weighted by Crippen LogP contribution is 2.30. The Bertz CT molecular complexity index is 543. The van der Waals surface area contributed by atoms with Crippen LogP contribution in [0.2, 0.25) is 0 Å². The Hall–Kier alpha value is -1.75. The minimum Gasteiger partial charge on any atom is -0.497 e. The first-order valence-corrected chi connectivity index (χ1v) is 8.81. The van der Waals surface area contributed by atoms with Crippen LogP contribution in [0.4, 0.5) is 0 Å². The highest BCUT2D eigenvalue weighted by molar-refractivity contribution is 5.78.